The lowest BCUT2D eigenvalue weighted by molar-refractivity contribution is -0.140. The van der Waals surface area contributed by atoms with Crippen LogP contribution in [0.1, 0.15) is 17.8 Å². The van der Waals surface area contributed by atoms with Crippen LogP contribution in [0.15, 0.2) is 53.3 Å². The summed E-state index contributed by atoms with van der Waals surface area (Å²) < 4.78 is 7.38. The molecule has 0 atom stereocenters. The van der Waals surface area contributed by atoms with Crippen molar-refractivity contribution >= 4 is 11.8 Å². The summed E-state index contributed by atoms with van der Waals surface area (Å²) in [6, 6.07) is 14.8. The van der Waals surface area contributed by atoms with Gasteiger partial charge in [0.05, 0.1) is 19.2 Å². The van der Waals surface area contributed by atoms with Crippen LogP contribution in [0.4, 0.5) is 0 Å². The van der Waals surface area contributed by atoms with Crippen LogP contribution in [-0.4, -0.2) is 33.3 Å². The molecule has 0 aliphatic carbocycles. The second kappa shape index (κ2) is 7.91. The zero-order chi connectivity index (χ0) is 20.3. The molecule has 8 heteroatoms. The first kappa shape index (κ1) is 19.1. The number of aromatic nitrogens is 3. The van der Waals surface area contributed by atoms with E-state index in [9.17, 15) is 9.59 Å². The van der Waals surface area contributed by atoms with Gasteiger partial charge >= 0.3 is 11.7 Å². The number of rotatable bonds is 6. The third-order valence-corrected chi connectivity index (χ3v) is 4.46. The lowest BCUT2D eigenvalue weighted by Gasteiger charge is -2.05. The van der Waals surface area contributed by atoms with Crippen molar-refractivity contribution in [2.75, 3.05) is 7.11 Å². The monoisotopic (exact) mass is 379 g/mol. The van der Waals surface area contributed by atoms with Crippen molar-refractivity contribution in [3.05, 3.63) is 70.4 Å². The number of carbonyl (C=O) groups is 1. The first-order chi connectivity index (χ1) is 13.4. The van der Waals surface area contributed by atoms with Crippen molar-refractivity contribution in [2.24, 2.45) is 5.73 Å². The van der Waals surface area contributed by atoms with E-state index in [2.05, 4.69) is 9.84 Å². The predicted octanol–water partition coefficient (Wildman–Crippen LogP) is 1.86. The summed E-state index contributed by atoms with van der Waals surface area (Å²) in [5, 5.41) is 11.7. The molecule has 3 N–H and O–H groups in total. The molecule has 0 spiro atoms. The highest BCUT2D eigenvalue weighted by Gasteiger charge is 2.13. The van der Waals surface area contributed by atoms with E-state index < -0.39 is 0 Å². The van der Waals surface area contributed by atoms with Crippen LogP contribution in [0.2, 0.25) is 0 Å². The summed E-state index contributed by atoms with van der Waals surface area (Å²) in [7, 11) is 1.32. The van der Waals surface area contributed by atoms with Gasteiger partial charge in [0.25, 0.3) is 0 Å². The molecule has 0 aliphatic heterocycles. The number of esters is 1. The molecule has 8 nitrogen and oxygen atoms in total. The molecule has 3 rings (SSSR count). The summed E-state index contributed by atoms with van der Waals surface area (Å²) in [4.78, 5) is 24.0. The van der Waals surface area contributed by atoms with E-state index in [0.717, 1.165) is 11.1 Å². The van der Waals surface area contributed by atoms with Gasteiger partial charge in [-0.25, -0.2) is 4.79 Å². The minimum absolute atomic E-state index is 0.0272. The summed E-state index contributed by atoms with van der Waals surface area (Å²) in [5.41, 5.74) is 8.41. The number of nitrogen functional groups attached to an aromatic ring is 1. The van der Waals surface area contributed by atoms with Gasteiger partial charge in [-0.2, -0.15) is 9.78 Å². The second-order valence-corrected chi connectivity index (χ2v) is 6.26. The normalized spacial score (nSPS) is 10.6. The molecule has 0 bridgehead atoms. The maximum Gasteiger partial charge on any atom is 0.350 e. The fraction of sp³-hybridized carbons (Fsp3) is 0.200. The first-order valence-corrected chi connectivity index (χ1v) is 8.69. The minimum atomic E-state index is -0.376. The van der Waals surface area contributed by atoms with Gasteiger partial charge < -0.3 is 10.5 Å². The van der Waals surface area contributed by atoms with Gasteiger partial charge in [0.2, 0.25) is 0 Å². The van der Waals surface area contributed by atoms with E-state index in [0.29, 0.717) is 17.1 Å². The fourth-order valence-electron chi connectivity index (χ4n) is 2.86. The number of amidine groups is 1. The molecule has 0 unspecified atom stereocenters. The van der Waals surface area contributed by atoms with Gasteiger partial charge in [0.15, 0.2) is 0 Å². The molecule has 0 aliphatic rings. The number of ether oxygens (including phenoxy) is 1. The Balaban J connectivity index is 1.84. The maximum absolute atomic E-state index is 12.6. The van der Waals surface area contributed by atoms with Crippen LogP contribution < -0.4 is 11.4 Å². The number of hydrogen-bond donors (Lipinski definition) is 2. The Bertz CT molecular complexity index is 1060. The van der Waals surface area contributed by atoms with Crippen LogP contribution in [0, 0.1) is 12.3 Å². The van der Waals surface area contributed by atoms with Crippen molar-refractivity contribution in [3.63, 3.8) is 0 Å². The lowest BCUT2D eigenvalue weighted by Crippen LogP contribution is -2.25. The van der Waals surface area contributed by atoms with Crippen molar-refractivity contribution in [2.45, 2.75) is 19.9 Å². The van der Waals surface area contributed by atoms with E-state index in [4.69, 9.17) is 11.1 Å². The first-order valence-electron chi connectivity index (χ1n) is 8.69. The van der Waals surface area contributed by atoms with Crippen molar-refractivity contribution in [3.8, 4) is 16.8 Å². The third-order valence-electron chi connectivity index (χ3n) is 4.46. The highest BCUT2D eigenvalue weighted by atomic mass is 16.5. The molecule has 1 aromatic heterocycles. The van der Waals surface area contributed by atoms with E-state index in [1.165, 1.54) is 16.4 Å². The lowest BCUT2D eigenvalue weighted by atomic mass is 10.0. The van der Waals surface area contributed by atoms with E-state index in [1.54, 1.807) is 19.1 Å². The number of nitrogens with zero attached hydrogens (tertiary/aromatic N) is 3. The second-order valence-electron chi connectivity index (χ2n) is 6.26. The summed E-state index contributed by atoms with van der Waals surface area (Å²) in [5.74, 6) is 0.177. The van der Waals surface area contributed by atoms with E-state index in [1.807, 2.05) is 36.4 Å². The topological polar surface area (TPSA) is 116 Å². The maximum atomic E-state index is 12.6. The largest absolute Gasteiger partial charge is 0.469 e. The fourth-order valence-corrected chi connectivity index (χ4v) is 2.86. The molecule has 0 fully saturated rings. The van der Waals surface area contributed by atoms with Gasteiger partial charge in [0, 0.05) is 12.1 Å². The molecular weight excluding hydrogens is 358 g/mol. The molecule has 0 radical (unpaired) electrons. The van der Waals surface area contributed by atoms with E-state index >= 15 is 0 Å². The van der Waals surface area contributed by atoms with Crippen LogP contribution >= 0.6 is 0 Å². The minimum Gasteiger partial charge on any atom is -0.469 e. The molecule has 2 aromatic carbocycles. The van der Waals surface area contributed by atoms with Crippen molar-refractivity contribution < 1.29 is 9.53 Å². The zero-order valence-electron chi connectivity index (χ0n) is 15.7. The van der Waals surface area contributed by atoms with Crippen LogP contribution in [0.5, 0.6) is 0 Å². The van der Waals surface area contributed by atoms with Gasteiger partial charge in [0.1, 0.15) is 11.7 Å². The van der Waals surface area contributed by atoms with Crippen molar-refractivity contribution in [1.82, 2.24) is 14.3 Å². The molecule has 3 aromatic rings. The van der Waals surface area contributed by atoms with Crippen molar-refractivity contribution in [1.29, 1.82) is 5.41 Å². The summed E-state index contributed by atoms with van der Waals surface area (Å²) in [6.07, 6.45) is 0.109. The van der Waals surface area contributed by atoms with Gasteiger partial charge in [-0.3, -0.25) is 14.8 Å². The Morgan fingerprint density at radius 2 is 1.68 bits per heavy atom. The molecule has 0 saturated carbocycles. The Morgan fingerprint density at radius 3 is 2.21 bits per heavy atom. The Labute approximate surface area is 161 Å². The van der Waals surface area contributed by atoms with Gasteiger partial charge in [-0.1, -0.05) is 36.4 Å². The Morgan fingerprint density at radius 1 is 1.11 bits per heavy atom. The van der Waals surface area contributed by atoms with Crippen LogP contribution in [-0.2, 0) is 16.1 Å². The quantitative estimate of drug-likeness (QED) is 0.385. The predicted molar refractivity (Wildman–Crippen MR) is 106 cm³/mol. The van der Waals surface area contributed by atoms with Crippen LogP contribution in [0.25, 0.3) is 16.8 Å². The average Bonchev–Trinajstić information content (AvgIpc) is 3.00. The SMILES string of the molecule is COC(=O)CCn1c(C)nn(-c2ccc(-c3ccc(C(=N)N)cc3)cc2)c1=O. The number of carbonyl (C=O) groups excluding carboxylic acids is 1. The number of hydrogen-bond acceptors (Lipinski definition) is 5. The summed E-state index contributed by atoms with van der Waals surface area (Å²) >= 11 is 0. The highest BCUT2D eigenvalue weighted by molar-refractivity contribution is 5.95. The highest BCUT2D eigenvalue weighted by Crippen LogP contribution is 2.21. The number of benzene rings is 2. The zero-order valence-corrected chi connectivity index (χ0v) is 15.7. The van der Waals surface area contributed by atoms with Crippen LogP contribution in [0.3, 0.4) is 0 Å². The Hall–Kier alpha value is -3.68. The number of nitrogens with two attached hydrogens (primary N) is 1. The van der Waals surface area contributed by atoms with Gasteiger partial charge in [-0.05, 0) is 30.2 Å². The smallest absolute Gasteiger partial charge is 0.350 e. The molecule has 1 heterocycles. The Kier molecular flexibility index (Phi) is 5.39. The summed E-state index contributed by atoms with van der Waals surface area (Å²) in [6.45, 7) is 1.94. The number of aryl methyl sites for hydroxylation is 1. The molecule has 28 heavy (non-hydrogen) atoms. The standard InChI is InChI=1S/C20H21N5O3/c1-13-23-25(20(27)24(13)12-11-18(26)28-2)17-9-7-15(8-10-17)14-3-5-16(6-4-14)19(21)22/h3-10H,11-12H2,1-2H3,(H3,21,22). The third kappa shape index (κ3) is 3.85. The number of nitrogens with one attached hydrogen (secondary N) is 1. The molecule has 144 valence electrons. The molecular formula is C20H21N5O3. The average molecular weight is 379 g/mol. The molecule has 0 saturated heterocycles. The number of methoxy groups -OCH3 is 1. The molecule has 0 amide bonds. The van der Waals surface area contributed by atoms with E-state index in [-0.39, 0.29) is 30.5 Å². The van der Waals surface area contributed by atoms with Gasteiger partial charge in [-0.15, -0.1) is 0 Å².